The highest BCUT2D eigenvalue weighted by molar-refractivity contribution is 7.92. The fourth-order valence-electron chi connectivity index (χ4n) is 1.79. The number of H-pyrrole nitrogens is 1. The van der Waals surface area contributed by atoms with Gasteiger partial charge >= 0.3 is 0 Å². The minimum atomic E-state index is -3.66. The van der Waals surface area contributed by atoms with E-state index in [9.17, 15) is 8.42 Å². The number of anilines is 2. The van der Waals surface area contributed by atoms with Gasteiger partial charge in [0.1, 0.15) is 5.82 Å². The molecule has 1 heterocycles. The Hall–Kier alpha value is -2.02. The first-order valence-corrected chi connectivity index (χ1v) is 7.33. The molecule has 1 aromatic carbocycles. The van der Waals surface area contributed by atoms with Crippen molar-refractivity contribution in [2.24, 2.45) is 0 Å². The molecule has 0 aliphatic carbocycles. The topological polar surface area (TPSA) is 101 Å². The van der Waals surface area contributed by atoms with Gasteiger partial charge in [-0.15, -0.1) is 0 Å². The van der Waals surface area contributed by atoms with E-state index in [1.807, 2.05) is 6.92 Å². The maximum atomic E-state index is 12.3. The molecule has 102 valence electrons. The van der Waals surface area contributed by atoms with Gasteiger partial charge in [0.2, 0.25) is 0 Å². The highest BCUT2D eigenvalue weighted by Crippen LogP contribution is 2.20. The van der Waals surface area contributed by atoms with Crippen molar-refractivity contribution in [2.45, 2.75) is 25.2 Å². The lowest BCUT2D eigenvalue weighted by Gasteiger charge is -2.09. The van der Waals surface area contributed by atoms with E-state index in [0.717, 1.165) is 11.1 Å². The minimum absolute atomic E-state index is 0.140. The largest absolute Gasteiger partial charge is 0.399 e. The van der Waals surface area contributed by atoms with Crippen molar-refractivity contribution in [1.29, 1.82) is 0 Å². The van der Waals surface area contributed by atoms with Crippen molar-refractivity contribution in [3.05, 3.63) is 35.5 Å². The summed E-state index contributed by atoms with van der Waals surface area (Å²) in [6.45, 7) is 3.72. The summed E-state index contributed by atoms with van der Waals surface area (Å²) < 4.78 is 27.0. The number of aryl methyl sites for hydroxylation is 2. The smallest absolute Gasteiger partial charge is 0.263 e. The molecule has 0 saturated carbocycles. The van der Waals surface area contributed by atoms with Gasteiger partial charge in [0.15, 0.2) is 0 Å². The third-order valence-electron chi connectivity index (χ3n) is 2.72. The molecule has 19 heavy (non-hydrogen) atoms. The van der Waals surface area contributed by atoms with Crippen LogP contribution in [0.4, 0.5) is 11.5 Å². The zero-order valence-corrected chi connectivity index (χ0v) is 11.6. The number of rotatable bonds is 4. The molecule has 1 aromatic heterocycles. The Morgan fingerprint density at radius 3 is 2.74 bits per heavy atom. The Bertz CT molecular complexity index is 671. The van der Waals surface area contributed by atoms with E-state index >= 15 is 0 Å². The summed E-state index contributed by atoms with van der Waals surface area (Å²) in [5.41, 5.74) is 7.69. The molecule has 0 bridgehead atoms. The molecule has 0 spiro atoms. The third-order valence-corrected chi connectivity index (χ3v) is 4.05. The number of nitrogens with one attached hydrogen (secondary N) is 2. The van der Waals surface area contributed by atoms with Crippen LogP contribution < -0.4 is 10.5 Å². The summed E-state index contributed by atoms with van der Waals surface area (Å²) in [6, 6.07) is 4.71. The number of aromatic amines is 1. The summed E-state index contributed by atoms with van der Waals surface area (Å²) in [5, 5.41) is 6.47. The van der Waals surface area contributed by atoms with Crippen LogP contribution in [0.1, 0.15) is 18.1 Å². The summed E-state index contributed by atoms with van der Waals surface area (Å²) in [7, 11) is -3.66. The molecular formula is C12H16N4O2S. The number of nitrogens with two attached hydrogens (primary N) is 1. The molecular weight excluding hydrogens is 264 g/mol. The quantitative estimate of drug-likeness (QED) is 0.741. The highest BCUT2D eigenvalue weighted by Gasteiger charge is 2.17. The van der Waals surface area contributed by atoms with Gasteiger partial charge in [-0.3, -0.25) is 9.82 Å². The van der Waals surface area contributed by atoms with Crippen LogP contribution in [0.25, 0.3) is 0 Å². The van der Waals surface area contributed by atoms with Gasteiger partial charge in [-0.05, 0) is 37.1 Å². The Morgan fingerprint density at radius 2 is 2.11 bits per heavy atom. The maximum Gasteiger partial charge on any atom is 0.263 e. The van der Waals surface area contributed by atoms with Crippen LogP contribution in [-0.2, 0) is 16.4 Å². The molecule has 0 aliphatic rings. The molecule has 2 aromatic rings. The SMILES string of the molecule is CCc1cn[nH]c1NS(=O)(=O)c1cc(C)cc(N)c1. The van der Waals surface area contributed by atoms with Gasteiger partial charge < -0.3 is 5.73 Å². The van der Waals surface area contributed by atoms with E-state index in [4.69, 9.17) is 5.73 Å². The molecule has 0 aliphatic heterocycles. The Labute approximate surface area is 112 Å². The summed E-state index contributed by atoms with van der Waals surface area (Å²) in [5.74, 6) is 0.391. The summed E-state index contributed by atoms with van der Waals surface area (Å²) >= 11 is 0. The van der Waals surface area contributed by atoms with Crippen molar-refractivity contribution < 1.29 is 8.42 Å². The number of benzene rings is 1. The first-order chi connectivity index (χ1) is 8.92. The van der Waals surface area contributed by atoms with Crippen molar-refractivity contribution in [2.75, 3.05) is 10.5 Å². The lowest BCUT2D eigenvalue weighted by molar-refractivity contribution is 0.601. The standard InChI is InChI=1S/C12H16N4O2S/c1-3-9-7-14-15-12(9)16-19(17,18)11-5-8(2)4-10(13)6-11/h4-7H,3,13H2,1-2H3,(H2,14,15,16). The number of nitrogen functional groups attached to an aromatic ring is 1. The van der Waals surface area contributed by atoms with Gasteiger partial charge in [-0.1, -0.05) is 6.92 Å². The monoisotopic (exact) mass is 280 g/mol. The number of sulfonamides is 1. The average molecular weight is 280 g/mol. The fraction of sp³-hybridized carbons (Fsp3) is 0.250. The van der Waals surface area contributed by atoms with Crippen LogP contribution in [0.15, 0.2) is 29.3 Å². The Balaban J connectivity index is 2.38. The maximum absolute atomic E-state index is 12.3. The zero-order chi connectivity index (χ0) is 14.0. The summed E-state index contributed by atoms with van der Waals surface area (Å²) in [4.78, 5) is 0.140. The second-order valence-corrected chi connectivity index (χ2v) is 5.99. The van der Waals surface area contributed by atoms with Gasteiger partial charge in [0.05, 0.1) is 11.1 Å². The molecule has 4 N–H and O–H groups in total. The van der Waals surface area contributed by atoms with E-state index < -0.39 is 10.0 Å². The molecule has 0 unspecified atom stereocenters. The van der Waals surface area contributed by atoms with Gasteiger partial charge in [0.25, 0.3) is 10.0 Å². The van der Waals surface area contributed by atoms with Crippen molar-refractivity contribution in [3.63, 3.8) is 0 Å². The van der Waals surface area contributed by atoms with E-state index in [1.165, 1.54) is 6.07 Å². The van der Waals surface area contributed by atoms with Gasteiger partial charge in [0, 0.05) is 11.3 Å². The van der Waals surface area contributed by atoms with Crippen LogP contribution in [0, 0.1) is 6.92 Å². The van der Waals surface area contributed by atoms with E-state index in [0.29, 0.717) is 17.9 Å². The van der Waals surface area contributed by atoms with Crippen molar-refractivity contribution >= 4 is 21.5 Å². The van der Waals surface area contributed by atoms with E-state index in [-0.39, 0.29) is 4.90 Å². The minimum Gasteiger partial charge on any atom is -0.399 e. The average Bonchev–Trinajstić information content (AvgIpc) is 2.74. The fourth-order valence-corrected chi connectivity index (χ4v) is 2.99. The molecule has 0 fully saturated rings. The number of aromatic nitrogens is 2. The molecule has 0 radical (unpaired) electrons. The van der Waals surface area contributed by atoms with Crippen molar-refractivity contribution in [3.8, 4) is 0 Å². The predicted molar refractivity (Wildman–Crippen MR) is 74.4 cm³/mol. The predicted octanol–water partition coefficient (Wildman–Crippen LogP) is 1.66. The van der Waals surface area contributed by atoms with Crippen LogP contribution in [0.2, 0.25) is 0 Å². The zero-order valence-electron chi connectivity index (χ0n) is 10.8. The van der Waals surface area contributed by atoms with Crippen LogP contribution in [0.5, 0.6) is 0 Å². The van der Waals surface area contributed by atoms with Crippen LogP contribution in [-0.4, -0.2) is 18.6 Å². The molecule has 0 saturated heterocycles. The lowest BCUT2D eigenvalue weighted by Crippen LogP contribution is -2.14. The highest BCUT2D eigenvalue weighted by atomic mass is 32.2. The lowest BCUT2D eigenvalue weighted by atomic mass is 10.2. The van der Waals surface area contributed by atoms with Crippen molar-refractivity contribution in [1.82, 2.24) is 10.2 Å². The molecule has 2 rings (SSSR count). The second-order valence-electron chi connectivity index (χ2n) is 4.31. The normalized spacial score (nSPS) is 11.5. The number of nitrogens with zero attached hydrogens (tertiary/aromatic N) is 1. The molecule has 0 amide bonds. The Kier molecular flexibility index (Phi) is 3.48. The van der Waals surface area contributed by atoms with Crippen LogP contribution >= 0.6 is 0 Å². The molecule has 6 nitrogen and oxygen atoms in total. The third kappa shape index (κ3) is 2.87. The number of hydrogen-bond donors (Lipinski definition) is 3. The first-order valence-electron chi connectivity index (χ1n) is 5.84. The van der Waals surface area contributed by atoms with Gasteiger partial charge in [-0.2, -0.15) is 5.10 Å². The van der Waals surface area contributed by atoms with E-state index in [1.54, 1.807) is 25.3 Å². The van der Waals surface area contributed by atoms with Gasteiger partial charge in [-0.25, -0.2) is 8.42 Å². The first kappa shape index (κ1) is 13.4. The molecule has 0 atom stereocenters. The summed E-state index contributed by atoms with van der Waals surface area (Å²) in [6.07, 6.45) is 2.28. The molecule has 7 heteroatoms. The number of hydrogen-bond acceptors (Lipinski definition) is 4. The Morgan fingerprint density at radius 1 is 1.37 bits per heavy atom. The second kappa shape index (κ2) is 4.93. The van der Waals surface area contributed by atoms with E-state index in [2.05, 4.69) is 14.9 Å². The van der Waals surface area contributed by atoms with Crippen LogP contribution in [0.3, 0.4) is 0 Å².